The maximum atomic E-state index is 2.75. The van der Waals surface area contributed by atoms with Crippen molar-refractivity contribution in [1.29, 1.82) is 0 Å². The zero-order chi connectivity index (χ0) is 36.2. The molecule has 4 aliphatic rings. The topological polar surface area (TPSA) is 9.72 Å². The molecule has 3 aliphatic heterocycles. The van der Waals surface area contributed by atoms with Gasteiger partial charge in [-0.05, 0) is 117 Å². The third-order valence-electron chi connectivity index (χ3n) is 12.5. The van der Waals surface area contributed by atoms with Crippen molar-refractivity contribution in [2.45, 2.75) is 83.6 Å². The van der Waals surface area contributed by atoms with E-state index in [0.29, 0.717) is 12.0 Å². The van der Waals surface area contributed by atoms with Gasteiger partial charge in [0.05, 0.1) is 0 Å². The van der Waals surface area contributed by atoms with Gasteiger partial charge < -0.3 is 14.7 Å². The molecular formula is C49H48BN3. The lowest BCUT2D eigenvalue weighted by Gasteiger charge is -2.44. The van der Waals surface area contributed by atoms with E-state index in [4.69, 9.17) is 0 Å². The quantitative estimate of drug-likeness (QED) is 0.170. The van der Waals surface area contributed by atoms with Crippen LogP contribution >= 0.6 is 0 Å². The molecular weight excluding hydrogens is 641 g/mol. The van der Waals surface area contributed by atoms with E-state index < -0.39 is 0 Å². The van der Waals surface area contributed by atoms with E-state index in [1.54, 1.807) is 5.56 Å². The zero-order valence-corrected chi connectivity index (χ0v) is 31.9. The molecule has 0 bridgehead atoms. The third kappa shape index (κ3) is 4.94. The second-order valence-corrected chi connectivity index (χ2v) is 17.7. The Morgan fingerprint density at radius 3 is 1.85 bits per heavy atom. The Bertz CT molecular complexity index is 2310. The molecule has 1 saturated carbocycles. The second kappa shape index (κ2) is 11.6. The fourth-order valence-corrected chi connectivity index (χ4v) is 9.95. The highest BCUT2D eigenvalue weighted by atomic mass is 15.2. The molecule has 0 amide bonds. The highest BCUT2D eigenvalue weighted by Crippen LogP contribution is 2.54. The van der Waals surface area contributed by atoms with Crippen LogP contribution in [-0.4, -0.2) is 12.8 Å². The minimum atomic E-state index is 0.0812. The SMILES string of the molecule is CC(C)(C)c1ccc(N(c2ccc(C(C)(C)C)cc2)c2ccc3c(c2)N(c2ccccc2)c2cccc4c2B3c2cccc3c2N4C2CCCC32)cc1. The van der Waals surface area contributed by atoms with Crippen molar-refractivity contribution in [1.82, 2.24) is 0 Å². The summed E-state index contributed by atoms with van der Waals surface area (Å²) in [7, 11) is 0. The van der Waals surface area contributed by atoms with Gasteiger partial charge in [-0.2, -0.15) is 0 Å². The molecule has 1 aliphatic carbocycles. The van der Waals surface area contributed by atoms with E-state index in [1.807, 2.05) is 0 Å². The van der Waals surface area contributed by atoms with Gasteiger partial charge in [-0.3, -0.25) is 0 Å². The first-order chi connectivity index (χ1) is 25.6. The maximum Gasteiger partial charge on any atom is 0.252 e. The summed E-state index contributed by atoms with van der Waals surface area (Å²) in [5.41, 5.74) is 18.8. The first-order valence-corrected chi connectivity index (χ1v) is 19.6. The van der Waals surface area contributed by atoms with Crippen molar-refractivity contribution in [2.24, 2.45) is 0 Å². The van der Waals surface area contributed by atoms with Crippen LogP contribution in [0.1, 0.15) is 83.4 Å². The van der Waals surface area contributed by atoms with E-state index in [9.17, 15) is 0 Å². The summed E-state index contributed by atoms with van der Waals surface area (Å²) >= 11 is 0. The molecule has 0 radical (unpaired) electrons. The molecule has 0 aromatic heterocycles. The van der Waals surface area contributed by atoms with Gasteiger partial charge in [-0.15, -0.1) is 0 Å². The summed E-state index contributed by atoms with van der Waals surface area (Å²) in [6, 6.07) is 51.5. The van der Waals surface area contributed by atoms with Crippen LogP contribution in [0.2, 0.25) is 0 Å². The summed E-state index contributed by atoms with van der Waals surface area (Å²) in [6.45, 7) is 13.9. The Morgan fingerprint density at radius 2 is 1.19 bits per heavy atom. The fourth-order valence-electron chi connectivity index (χ4n) is 9.95. The molecule has 1 fully saturated rings. The number of nitrogens with zero attached hydrogens (tertiary/aromatic N) is 3. The van der Waals surface area contributed by atoms with Crippen LogP contribution in [0.5, 0.6) is 0 Å². The van der Waals surface area contributed by atoms with E-state index in [-0.39, 0.29) is 17.5 Å². The van der Waals surface area contributed by atoms with Crippen molar-refractivity contribution in [3.05, 3.63) is 150 Å². The largest absolute Gasteiger partial charge is 0.338 e. The molecule has 10 rings (SSSR count). The zero-order valence-electron chi connectivity index (χ0n) is 31.9. The molecule has 3 heterocycles. The van der Waals surface area contributed by atoms with Crippen LogP contribution in [0.15, 0.2) is 133 Å². The molecule has 2 unspecified atom stereocenters. The van der Waals surface area contributed by atoms with Crippen LogP contribution in [0.4, 0.5) is 45.5 Å². The Kier molecular flexibility index (Phi) is 7.12. The Hall–Kier alpha value is -5.22. The van der Waals surface area contributed by atoms with Crippen LogP contribution in [0.3, 0.4) is 0 Å². The van der Waals surface area contributed by atoms with Gasteiger partial charge in [0, 0.05) is 57.5 Å². The molecule has 0 saturated heterocycles. The predicted molar refractivity (Wildman–Crippen MR) is 227 cm³/mol. The van der Waals surface area contributed by atoms with Crippen molar-refractivity contribution < 1.29 is 0 Å². The molecule has 262 valence electrons. The number of anilines is 8. The van der Waals surface area contributed by atoms with Crippen molar-refractivity contribution >= 4 is 68.6 Å². The maximum absolute atomic E-state index is 2.75. The van der Waals surface area contributed by atoms with Crippen molar-refractivity contribution in [3.63, 3.8) is 0 Å². The van der Waals surface area contributed by atoms with Gasteiger partial charge in [0.1, 0.15) is 0 Å². The lowest BCUT2D eigenvalue weighted by molar-refractivity contribution is 0.590. The molecule has 3 nitrogen and oxygen atoms in total. The Balaban J connectivity index is 1.20. The van der Waals surface area contributed by atoms with E-state index in [1.165, 1.54) is 75.2 Å². The summed E-state index contributed by atoms with van der Waals surface area (Å²) < 4.78 is 0. The minimum absolute atomic E-state index is 0.0812. The fraction of sp³-hybridized carbons (Fsp3) is 0.265. The third-order valence-corrected chi connectivity index (χ3v) is 12.5. The summed E-state index contributed by atoms with van der Waals surface area (Å²) in [5.74, 6) is 0.621. The molecule has 6 aromatic carbocycles. The van der Waals surface area contributed by atoms with Crippen LogP contribution in [0, 0.1) is 0 Å². The smallest absolute Gasteiger partial charge is 0.252 e. The summed E-state index contributed by atoms with van der Waals surface area (Å²) in [6.07, 6.45) is 3.86. The molecule has 2 atom stereocenters. The average molecular weight is 690 g/mol. The van der Waals surface area contributed by atoms with Gasteiger partial charge in [-0.1, -0.05) is 121 Å². The van der Waals surface area contributed by atoms with Gasteiger partial charge in [0.25, 0.3) is 6.71 Å². The standard InChI is InChI=1S/C49H48BN3/c1-48(2,3)32-21-25-35(26-22-32)51(36-27-23-33(24-28-36)49(4,5)6)37-29-30-40-45(31-37)52(34-13-8-7-9-14-34)43-19-12-20-44-46(43)50(40)41-17-10-16-39-38-15-11-18-42(38)53(44)47(39)41/h7-10,12-14,16-17,19-31,38,42H,11,15,18H2,1-6H3. The van der Waals surface area contributed by atoms with E-state index in [0.717, 1.165) is 17.1 Å². The van der Waals surface area contributed by atoms with Gasteiger partial charge in [0.15, 0.2) is 0 Å². The number of hydrogen-bond acceptors (Lipinski definition) is 3. The first-order valence-electron chi connectivity index (χ1n) is 19.6. The van der Waals surface area contributed by atoms with Crippen LogP contribution in [-0.2, 0) is 10.8 Å². The Labute approximate surface area is 316 Å². The molecule has 6 aromatic rings. The average Bonchev–Trinajstić information content (AvgIpc) is 3.76. The lowest BCUT2D eigenvalue weighted by Crippen LogP contribution is -2.62. The number of benzene rings is 6. The van der Waals surface area contributed by atoms with Crippen molar-refractivity contribution in [2.75, 3.05) is 14.7 Å². The Morgan fingerprint density at radius 1 is 0.566 bits per heavy atom. The van der Waals surface area contributed by atoms with E-state index in [2.05, 4.69) is 190 Å². The number of rotatable bonds is 4. The normalized spacial score (nSPS) is 18.0. The number of hydrogen-bond donors (Lipinski definition) is 0. The first kappa shape index (κ1) is 32.4. The van der Waals surface area contributed by atoms with Crippen LogP contribution < -0.4 is 31.1 Å². The highest BCUT2D eigenvalue weighted by molar-refractivity contribution is 7.00. The minimum Gasteiger partial charge on any atom is -0.338 e. The number of fused-ring (bicyclic) bond motifs is 7. The predicted octanol–water partition coefficient (Wildman–Crippen LogP) is 11.2. The lowest BCUT2D eigenvalue weighted by atomic mass is 9.33. The molecule has 53 heavy (non-hydrogen) atoms. The molecule has 4 heteroatoms. The summed E-state index contributed by atoms with van der Waals surface area (Å²) in [4.78, 5) is 7.73. The monoisotopic (exact) mass is 689 g/mol. The molecule has 0 spiro atoms. The highest BCUT2D eigenvalue weighted by Gasteiger charge is 2.50. The van der Waals surface area contributed by atoms with Crippen LogP contribution in [0.25, 0.3) is 0 Å². The van der Waals surface area contributed by atoms with Gasteiger partial charge in [-0.25, -0.2) is 0 Å². The van der Waals surface area contributed by atoms with E-state index >= 15 is 0 Å². The number of para-hydroxylation sites is 2. The van der Waals surface area contributed by atoms with Gasteiger partial charge in [0.2, 0.25) is 0 Å². The molecule has 0 N–H and O–H groups in total. The van der Waals surface area contributed by atoms with Crippen molar-refractivity contribution in [3.8, 4) is 0 Å². The van der Waals surface area contributed by atoms with Gasteiger partial charge >= 0.3 is 0 Å². The summed E-state index contributed by atoms with van der Waals surface area (Å²) in [5, 5.41) is 0. The second-order valence-electron chi connectivity index (χ2n) is 17.7.